The van der Waals surface area contributed by atoms with E-state index in [4.69, 9.17) is 9.72 Å². The van der Waals surface area contributed by atoms with Crippen LogP contribution in [0.5, 0.6) is 0 Å². The van der Waals surface area contributed by atoms with Crippen LogP contribution in [0, 0.1) is 5.92 Å². The minimum absolute atomic E-state index is 0.0251. The lowest BCUT2D eigenvalue weighted by molar-refractivity contribution is -0.117. The molecule has 168 valence electrons. The van der Waals surface area contributed by atoms with Crippen molar-refractivity contribution >= 4 is 45.3 Å². The van der Waals surface area contributed by atoms with Crippen molar-refractivity contribution in [3.8, 4) is 0 Å². The van der Waals surface area contributed by atoms with E-state index in [-0.39, 0.29) is 11.3 Å². The number of methoxy groups -OCH3 is 1. The Kier molecular flexibility index (Phi) is 8.28. The summed E-state index contributed by atoms with van der Waals surface area (Å²) in [5.74, 6) is 0.130. The van der Waals surface area contributed by atoms with Gasteiger partial charge < -0.3 is 10.1 Å². The molecule has 2 aromatic heterocycles. The van der Waals surface area contributed by atoms with E-state index < -0.39 is 11.9 Å². The second kappa shape index (κ2) is 10.9. The van der Waals surface area contributed by atoms with Crippen LogP contribution in [0.4, 0.5) is 4.79 Å². The number of thioether (sulfide) groups is 1. The second-order valence-electron chi connectivity index (χ2n) is 7.57. The summed E-state index contributed by atoms with van der Waals surface area (Å²) in [5.41, 5.74) is 1.04. The number of thiophene rings is 1. The topological polar surface area (TPSA) is 102 Å². The minimum atomic E-state index is -0.548. The number of amides is 3. The number of aromatic nitrogens is 2. The molecule has 8 nitrogen and oxygen atoms in total. The maximum atomic E-state index is 13.2. The molecular formula is C21H28N4O4S2. The normalized spacial score (nSPS) is 15.5. The summed E-state index contributed by atoms with van der Waals surface area (Å²) in [4.78, 5) is 43.9. The van der Waals surface area contributed by atoms with Gasteiger partial charge in [0.15, 0.2) is 5.16 Å². The average molecular weight is 465 g/mol. The van der Waals surface area contributed by atoms with E-state index in [2.05, 4.69) is 24.1 Å². The molecule has 0 fully saturated rings. The van der Waals surface area contributed by atoms with Crippen molar-refractivity contribution in [1.29, 1.82) is 0 Å². The number of allylic oxidation sites excluding steroid dienone is 1. The number of ether oxygens (including phenoxy) is 1. The molecule has 0 bridgehead atoms. The van der Waals surface area contributed by atoms with Gasteiger partial charge in [-0.2, -0.15) is 0 Å². The Bertz CT molecular complexity index is 1030. The van der Waals surface area contributed by atoms with Crippen molar-refractivity contribution in [2.45, 2.75) is 44.3 Å². The van der Waals surface area contributed by atoms with Gasteiger partial charge in [0.1, 0.15) is 4.83 Å². The monoisotopic (exact) mass is 464 g/mol. The maximum Gasteiger partial charge on any atom is 0.321 e. The highest BCUT2D eigenvalue weighted by molar-refractivity contribution is 7.99. The summed E-state index contributed by atoms with van der Waals surface area (Å²) in [6, 6.07) is -0.548. The summed E-state index contributed by atoms with van der Waals surface area (Å²) >= 11 is 2.72. The molecule has 10 heteroatoms. The van der Waals surface area contributed by atoms with Crippen molar-refractivity contribution in [2.24, 2.45) is 5.92 Å². The first kappa shape index (κ1) is 23.5. The van der Waals surface area contributed by atoms with E-state index in [9.17, 15) is 14.4 Å². The van der Waals surface area contributed by atoms with Crippen LogP contribution in [0.3, 0.4) is 0 Å². The van der Waals surface area contributed by atoms with E-state index in [0.717, 1.165) is 41.4 Å². The van der Waals surface area contributed by atoms with Gasteiger partial charge in [-0.05, 0) is 37.2 Å². The van der Waals surface area contributed by atoms with Crippen molar-refractivity contribution in [1.82, 2.24) is 20.2 Å². The first-order chi connectivity index (χ1) is 14.9. The molecule has 2 aromatic rings. The zero-order valence-corrected chi connectivity index (χ0v) is 19.5. The van der Waals surface area contributed by atoms with Gasteiger partial charge in [0.05, 0.1) is 11.1 Å². The van der Waals surface area contributed by atoms with E-state index in [0.29, 0.717) is 42.6 Å². The highest BCUT2D eigenvalue weighted by atomic mass is 32.2. The van der Waals surface area contributed by atoms with Crippen LogP contribution in [0.15, 0.2) is 22.6 Å². The third-order valence-electron chi connectivity index (χ3n) is 5.09. The first-order valence-corrected chi connectivity index (χ1v) is 12.1. The fourth-order valence-corrected chi connectivity index (χ4v) is 5.79. The highest BCUT2D eigenvalue weighted by Gasteiger charge is 2.24. The highest BCUT2D eigenvalue weighted by Crippen LogP contribution is 2.36. The first-order valence-electron chi connectivity index (χ1n) is 10.3. The summed E-state index contributed by atoms with van der Waals surface area (Å²) in [7, 11) is 1.59. The van der Waals surface area contributed by atoms with E-state index >= 15 is 0 Å². The number of hydrogen-bond donors (Lipinski definition) is 2. The van der Waals surface area contributed by atoms with Gasteiger partial charge in [0.2, 0.25) is 5.91 Å². The van der Waals surface area contributed by atoms with E-state index in [1.165, 1.54) is 4.88 Å². The second-order valence-corrected chi connectivity index (χ2v) is 9.60. The van der Waals surface area contributed by atoms with Crippen molar-refractivity contribution < 1.29 is 14.3 Å². The van der Waals surface area contributed by atoms with Crippen molar-refractivity contribution in [3.63, 3.8) is 0 Å². The molecule has 1 atom stereocenters. The number of imide groups is 1. The Hall–Kier alpha value is -2.17. The fourth-order valence-electron chi connectivity index (χ4n) is 3.56. The number of aryl methyl sites for hydroxylation is 1. The van der Waals surface area contributed by atoms with Crippen LogP contribution in [0.25, 0.3) is 10.2 Å². The zero-order chi connectivity index (χ0) is 22.4. The summed E-state index contributed by atoms with van der Waals surface area (Å²) in [5, 5.41) is 6.06. The van der Waals surface area contributed by atoms with Crippen LogP contribution < -0.4 is 16.2 Å². The molecule has 0 unspecified atom stereocenters. The molecule has 1 aliphatic rings. The zero-order valence-electron chi connectivity index (χ0n) is 17.9. The molecule has 2 N–H and O–H groups in total. The molecule has 1 aliphatic carbocycles. The molecular weight excluding hydrogens is 436 g/mol. The van der Waals surface area contributed by atoms with Gasteiger partial charge in [0.25, 0.3) is 5.56 Å². The molecule has 0 saturated carbocycles. The quantitative estimate of drug-likeness (QED) is 0.256. The number of urea groups is 1. The standard InChI is InChI=1S/C21H28N4O4S2/c1-4-9-25-19(27)17-14-7-6-13(2)11-15(14)31-18(17)24-21(25)30-12-16(26)23-20(28)22-8-5-10-29-3/h4,13H,1,5-12H2,2-3H3,(H2,22,23,26,28)/t13-/m0/s1. The van der Waals surface area contributed by atoms with Crippen LogP contribution in [0.2, 0.25) is 0 Å². The summed E-state index contributed by atoms with van der Waals surface area (Å²) in [6.45, 7) is 7.23. The Morgan fingerprint density at radius 3 is 3.00 bits per heavy atom. The van der Waals surface area contributed by atoms with Gasteiger partial charge >= 0.3 is 6.03 Å². The number of carbonyl (C=O) groups is 2. The Balaban J connectivity index is 1.73. The SMILES string of the molecule is C=CCn1c(SCC(=O)NC(=O)NCCCOC)nc2sc3c(c2c1=O)CC[C@H](C)C3. The largest absolute Gasteiger partial charge is 0.385 e. The van der Waals surface area contributed by atoms with Gasteiger partial charge in [-0.25, -0.2) is 9.78 Å². The predicted octanol–water partition coefficient (Wildman–Crippen LogP) is 2.72. The predicted molar refractivity (Wildman–Crippen MR) is 124 cm³/mol. The molecule has 2 heterocycles. The van der Waals surface area contributed by atoms with Crippen molar-refractivity contribution in [2.75, 3.05) is 26.0 Å². The molecule has 31 heavy (non-hydrogen) atoms. The number of nitrogens with one attached hydrogen (secondary N) is 2. The molecule has 0 radical (unpaired) electrons. The average Bonchev–Trinajstić information content (AvgIpc) is 3.09. The number of nitrogens with zero attached hydrogens (tertiary/aromatic N) is 2. The van der Waals surface area contributed by atoms with Gasteiger partial charge in [-0.3, -0.25) is 19.5 Å². The maximum absolute atomic E-state index is 13.2. The van der Waals surface area contributed by atoms with Gasteiger partial charge in [-0.1, -0.05) is 24.8 Å². The Morgan fingerprint density at radius 1 is 1.45 bits per heavy atom. The third kappa shape index (κ3) is 5.75. The van der Waals surface area contributed by atoms with Crippen LogP contribution in [-0.2, 0) is 28.9 Å². The van der Waals surface area contributed by atoms with Crippen LogP contribution >= 0.6 is 23.1 Å². The molecule has 0 spiro atoms. The number of fused-ring (bicyclic) bond motifs is 3. The van der Waals surface area contributed by atoms with Crippen LogP contribution in [-0.4, -0.2) is 47.5 Å². The van der Waals surface area contributed by atoms with Crippen LogP contribution in [0.1, 0.15) is 30.2 Å². The van der Waals surface area contributed by atoms with Crippen molar-refractivity contribution in [3.05, 3.63) is 33.4 Å². The lowest BCUT2D eigenvalue weighted by Crippen LogP contribution is -2.41. The molecule has 0 aliphatic heterocycles. The van der Waals surface area contributed by atoms with Gasteiger partial charge in [-0.15, -0.1) is 17.9 Å². The lowest BCUT2D eigenvalue weighted by atomic mass is 9.89. The Labute approximate surface area is 189 Å². The Morgan fingerprint density at radius 2 is 2.26 bits per heavy atom. The third-order valence-corrected chi connectivity index (χ3v) is 7.21. The van der Waals surface area contributed by atoms with Gasteiger partial charge in [0, 0.05) is 31.7 Å². The smallest absolute Gasteiger partial charge is 0.321 e. The number of rotatable bonds is 9. The number of hydrogen-bond acceptors (Lipinski definition) is 7. The lowest BCUT2D eigenvalue weighted by Gasteiger charge is -2.17. The van der Waals surface area contributed by atoms with E-state index in [1.807, 2.05) is 0 Å². The van der Waals surface area contributed by atoms with E-state index in [1.54, 1.807) is 29.1 Å². The number of carbonyl (C=O) groups excluding carboxylic acids is 2. The minimum Gasteiger partial charge on any atom is -0.385 e. The molecule has 0 aromatic carbocycles. The molecule has 3 rings (SSSR count). The summed E-state index contributed by atoms with van der Waals surface area (Å²) in [6.07, 6.45) is 5.25. The fraction of sp³-hybridized carbons (Fsp3) is 0.524. The molecule has 3 amide bonds. The summed E-state index contributed by atoms with van der Waals surface area (Å²) < 4.78 is 6.47. The molecule has 0 saturated heterocycles.